The van der Waals surface area contributed by atoms with Gasteiger partial charge in [-0.05, 0) is 18.8 Å². The maximum absolute atomic E-state index is 10.9. The fourth-order valence-corrected chi connectivity index (χ4v) is 1.60. The van der Waals surface area contributed by atoms with Crippen LogP contribution < -0.4 is 16.4 Å². The van der Waals surface area contributed by atoms with Crippen molar-refractivity contribution in [1.29, 1.82) is 0 Å². The molecule has 1 aliphatic carbocycles. The lowest BCUT2D eigenvalue weighted by Gasteiger charge is -2.13. The molecule has 0 aromatic carbocycles. The SMILES string of the molecule is NC(=O)C1NC(=O)NC1C1CC1. The highest BCUT2D eigenvalue weighted by Crippen LogP contribution is 2.35. The summed E-state index contributed by atoms with van der Waals surface area (Å²) in [5, 5.41) is 5.20. The number of amides is 3. The van der Waals surface area contributed by atoms with E-state index < -0.39 is 11.9 Å². The first-order valence-corrected chi connectivity index (χ1v) is 4.05. The van der Waals surface area contributed by atoms with Crippen molar-refractivity contribution in [3.8, 4) is 0 Å². The van der Waals surface area contributed by atoms with E-state index in [0.29, 0.717) is 5.92 Å². The van der Waals surface area contributed by atoms with E-state index >= 15 is 0 Å². The van der Waals surface area contributed by atoms with E-state index in [4.69, 9.17) is 5.73 Å². The summed E-state index contributed by atoms with van der Waals surface area (Å²) in [5.74, 6) is -0.00769. The van der Waals surface area contributed by atoms with E-state index in [0.717, 1.165) is 12.8 Å². The summed E-state index contributed by atoms with van der Waals surface area (Å²) in [6.45, 7) is 0. The molecule has 5 heteroatoms. The molecule has 1 saturated carbocycles. The molecule has 3 amide bonds. The van der Waals surface area contributed by atoms with Gasteiger partial charge in [-0.2, -0.15) is 0 Å². The zero-order valence-electron chi connectivity index (χ0n) is 6.54. The molecule has 2 atom stereocenters. The fourth-order valence-electron chi connectivity index (χ4n) is 1.60. The van der Waals surface area contributed by atoms with Crippen LogP contribution in [0.1, 0.15) is 12.8 Å². The maximum atomic E-state index is 10.9. The number of primary amides is 1. The van der Waals surface area contributed by atoms with Gasteiger partial charge in [0.1, 0.15) is 6.04 Å². The predicted octanol–water partition coefficient (Wildman–Crippen LogP) is -1.07. The van der Waals surface area contributed by atoms with Gasteiger partial charge in [0.2, 0.25) is 5.91 Å². The second-order valence-electron chi connectivity index (χ2n) is 3.36. The maximum Gasteiger partial charge on any atom is 0.315 e. The Balaban J connectivity index is 2.09. The number of carbonyl (C=O) groups is 2. The molecule has 1 aliphatic heterocycles. The number of carbonyl (C=O) groups excluding carboxylic acids is 2. The number of nitrogens with one attached hydrogen (secondary N) is 2. The minimum absolute atomic E-state index is 0.0741. The third kappa shape index (κ3) is 1.11. The van der Waals surface area contributed by atoms with Crippen molar-refractivity contribution in [2.75, 3.05) is 0 Å². The van der Waals surface area contributed by atoms with Gasteiger partial charge >= 0.3 is 6.03 Å². The van der Waals surface area contributed by atoms with Crippen molar-refractivity contribution in [2.24, 2.45) is 11.7 Å². The third-order valence-electron chi connectivity index (χ3n) is 2.38. The van der Waals surface area contributed by atoms with Crippen molar-refractivity contribution in [3.05, 3.63) is 0 Å². The van der Waals surface area contributed by atoms with Gasteiger partial charge in [-0.15, -0.1) is 0 Å². The number of hydrogen-bond donors (Lipinski definition) is 3. The lowest BCUT2D eigenvalue weighted by atomic mass is 10.1. The molecule has 12 heavy (non-hydrogen) atoms. The standard InChI is InChI=1S/C7H11N3O2/c8-6(11)5-4(3-1-2-3)9-7(12)10-5/h3-5H,1-2H2,(H2,8,11)(H2,9,10,12). The van der Waals surface area contributed by atoms with Crippen molar-refractivity contribution >= 4 is 11.9 Å². The van der Waals surface area contributed by atoms with Gasteiger partial charge in [-0.25, -0.2) is 4.79 Å². The first-order chi connectivity index (χ1) is 5.68. The van der Waals surface area contributed by atoms with Gasteiger partial charge in [0, 0.05) is 0 Å². The van der Waals surface area contributed by atoms with E-state index in [1.54, 1.807) is 0 Å². The molecule has 1 saturated heterocycles. The van der Waals surface area contributed by atoms with Gasteiger partial charge in [0.05, 0.1) is 6.04 Å². The summed E-state index contributed by atoms with van der Waals surface area (Å²) in [7, 11) is 0. The van der Waals surface area contributed by atoms with Crippen molar-refractivity contribution in [1.82, 2.24) is 10.6 Å². The molecule has 4 N–H and O–H groups in total. The van der Waals surface area contributed by atoms with Crippen LogP contribution in [0, 0.1) is 5.92 Å². The minimum Gasteiger partial charge on any atom is -0.368 e. The molecule has 2 aliphatic rings. The van der Waals surface area contributed by atoms with Crippen LogP contribution in [0.3, 0.4) is 0 Å². The largest absolute Gasteiger partial charge is 0.368 e. The van der Waals surface area contributed by atoms with Crippen LogP contribution in [0.15, 0.2) is 0 Å². The van der Waals surface area contributed by atoms with Crippen molar-refractivity contribution in [2.45, 2.75) is 24.9 Å². The Hall–Kier alpha value is -1.26. The summed E-state index contributed by atoms with van der Waals surface area (Å²) < 4.78 is 0. The summed E-state index contributed by atoms with van der Waals surface area (Å²) in [4.78, 5) is 21.7. The van der Waals surface area contributed by atoms with Crippen LogP contribution >= 0.6 is 0 Å². The average Bonchev–Trinajstić information content (AvgIpc) is 2.75. The smallest absolute Gasteiger partial charge is 0.315 e. The average molecular weight is 169 g/mol. The molecule has 66 valence electrons. The van der Waals surface area contributed by atoms with E-state index in [9.17, 15) is 9.59 Å². The van der Waals surface area contributed by atoms with Crippen LogP contribution in [0.2, 0.25) is 0 Å². The van der Waals surface area contributed by atoms with E-state index in [2.05, 4.69) is 10.6 Å². The van der Waals surface area contributed by atoms with E-state index in [1.165, 1.54) is 0 Å². The van der Waals surface area contributed by atoms with Crippen molar-refractivity contribution in [3.63, 3.8) is 0 Å². The van der Waals surface area contributed by atoms with Crippen LogP contribution in [0.4, 0.5) is 4.79 Å². The van der Waals surface area contributed by atoms with Crippen LogP contribution in [0.5, 0.6) is 0 Å². The molecule has 0 spiro atoms. The predicted molar refractivity (Wildman–Crippen MR) is 41.2 cm³/mol. The lowest BCUT2D eigenvalue weighted by molar-refractivity contribution is -0.120. The normalized spacial score (nSPS) is 34.2. The molecule has 2 fully saturated rings. The molecule has 0 aromatic heterocycles. The summed E-state index contributed by atoms with van der Waals surface area (Å²) in [6, 6.07) is -0.865. The Labute approximate surface area is 69.7 Å². The highest BCUT2D eigenvalue weighted by atomic mass is 16.2. The summed E-state index contributed by atoms with van der Waals surface area (Å²) >= 11 is 0. The fraction of sp³-hybridized carbons (Fsp3) is 0.714. The Morgan fingerprint density at radius 2 is 2.08 bits per heavy atom. The summed E-state index contributed by atoms with van der Waals surface area (Å²) in [6.07, 6.45) is 2.16. The van der Waals surface area contributed by atoms with Gasteiger partial charge < -0.3 is 16.4 Å². The number of rotatable bonds is 2. The van der Waals surface area contributed by atoms with E-state index in [-0.39, 0.29) is 12.1 Å². The molecule has 5 nitrogen and oxygen atoms in total. The Morgan fingerprint density at radius 1 is 1.42 bits per heavy atom. The number of nitrogens with two attached hydrogens (primary N) is 1. The van der Waals surface area contributed by atoms with Crippen LogP contribution in [0.25, 0.3) is 0 Å². The molecule has 2 rings (SSSR count). The molecule has 2 unspecified atom stereocenters. The highest BCUT2D eigenvalue weighted by molar-refractivity contribution is 5.90. The monoisotopic (exact) mass is 169 g/mol. The zero-order chi connectivity index (χ0) is 8.72. The zero-order valence-corrected chi connectivity index (χ0v) is 6.54. The molecule has 0 radical (unpaired) electrons. The Bertz CT molecular complexity index is 237. The van der Waals surface area contributed by atoms with Crippen molar-refractivity contribution < 1.29 is 9.59 Å². The summed E-state index contributed by atoms with van der Waals surface area (Å²) in [5.41, 5.74) is 5.12. The van der Waals surface area contributed by atoms with Crippen LogP contribution in [-0.4, -0.2) is 24.0 Å². The Morgan fingerprint density at radius 3 is 2.58 bits per heavy atom. The molecule has 0 bridgehead atoms. The van der Waals surface area contributed by atoms with Gasteiger partial charge in [0.15, 0.2) is 0 Å². The first kappa shape index (κ1) is 7.39. The van der Waals surface area contributed by atoms with Gasteiger partial charge in [-0.1, -0.05) is 0 Å². The quantitative estimate of drug-likeness (QED) is 0.492. The van der Waals surface area contributed by atoms with Gasteiger partial charge in [-0.3, -0.25) is 4.79 Å². The molecular formula is C7H11N3O2. The van der Waals surface area contributed by atoms with E-state index in [1.807, 2.05) is 0 Å². The minimum atomic E-state index is -0.509. The molecule has 1 heterocycles. The topological polar surface area (TPSA) is 84.2 Å². The molecule has 0 aromatic rings. The second-order valence-corrected chi connectivity index (χ2v) is 3.36. The molecular weight excluding hydrogens is 158 g/mol. The lowest BCUT2D eigenvalue weighted by Crippen LogP contribution is -2.45. The highest BCUT2D eigenvalue weighted by Gasteiger charge is 2.44. The van der Waals surface area contributed by atoms with Gasteiger partial charge in [0.25, 0.3) is 0 Å². The third-order valence-corrected chi connectivity index (χ3v) is 2.38. The first-order valence-electron chi connectivity index (χ1n) is 4.05. The Kier molecular flexibility index (Phi) is 1.46. The second kappa shape index (κ2) is 2.36. The number of urea groups is 1. The van der Waals surface area contributed by atoms with Crippen LogP contribution in [-0.2, 0) is 4.79 Å². The number of hydrogen-bond acceptors (Lipinski definition) is 2.